The van der Waals surface area contributed by atoms with Crippen molar-refractivity contribution in [3.8, 4) is 11.5 Å². The van der Waals surface area contributed by atoms with Crippen molar-refractivity contribution in [3.63, 3.8) is 0 Å². The quantitative estimate of drug-likeness (QED) is 0.311. The number of hydrogen-bond donors (Lipinski definition) is 3. The van der Waals surface area contributed by atoms with E-state index < -0.39 is 31.9 Å². The van der Waals surface area contributed by atoms with Crippen LogP contribution in [0, 0.1) is 0 Å². The van der Waals surface area contributed by atoms with Gasteiger partial charge in [-0.05, 0) is 24.3 Å². The second-order valence-electron chi connectivity index (χ2n) is 6.06. The van der Waals surface area contributed by atoms with E-state index in [9.17, 15) is 23.2 Å². The van der Waals surface area contributed by atoms with Gasteiger partial charge in [-0.3, -0.25) is 4.55 Å². The number of halogens is 4. The maximum absolute atomic E-state index is 13.0. The molecule has 0 saturated heterocycles. The van der Waals surface area contributed by atoms with Crippen molar-refractivity contribution in [2.24, 2.45) is 0 Å². The van der Waals surface area contributed by atoms with Crippen LogP contribution in [0.15, 0.2) is 54.6 Å². The molecule has 0 fully saturated rings. The number of benzene rings is 3. The van der Waals surface area contributed by atoms with Crippen LogP contribution in [0.4, 0.5) is 0 Å². The Balaban J connectivity index is 2.68. The van der Waals surface area contributed by atoms with E-state index in [1.165, 1.54) is 42.5 Å². The molecule has 3 rings (SSSR count). The third-order valence-corrected chi connectivity index (χ3v) is 7.07. The van der Waals surface area contributed by atoms with Crippen LogP contribution in [0.5, 0.6) is 11.5 Å². The highest BCUT2D eigenvalue weighted by Gasteiger charge is 2.53. The van der Waals surface area contributed by atoms with Gasteiger partial charge in [-0.15, -0.1) is 0 Å². The van der Waals surface area contributed by atoms with Gasteiger partial charge in [0.2, 0.25) is 0 Å². The van der Waals surface area contributed by atoms with Gasteiger partial charge in [-0.25, -0.2) is 0 Å². The molecule has 0 aliphatic carbocycles. The minimum atomic E-state index is -5.16. The van der Waals surface area contributed by atoms with E-state index >= 15 is 0 Å². The molecule has 0 saturated carbocycles. The Hall–Kier alpha value is -1.67. The SMILES string of the molecule is O=S(=O)(O)C(c1ccccc1Cl)(c1cc(Cl)cc(Cl)c1O)c1cccc(O)c1Cl. The molecule has 1 unspecified atom stereocenters. The highest BCUT2D eigenvalue weighted by molar-refractivity contribution is 7.87. The normalized spacial score (nSPS) is 13.8. The lowest BCUT2D eigenvalue weighted by atomic mass is 9.83. The molecule has 1 atom stereocenters. The molecular weight excluding hydrogens is 482 g/mol. The zero-order chi connectivity index (χ0) is 21.6. The van der Waals surface area contributed by atoms with Gasteiger partial charge in [-0.2, -0.15) is 8.42 Å². The largest absolute Gasteiger partial charge is 0.506 e. The highest BCUT2D eigenvalue weighted by Crippen LogP contribution is 2.53. The first kappa shape index (κ1) is 22.0. The summed E-state index contributed by atoms with van der Waals surface area (Å²) in [5, 5.41) is 20.1. The number of hydrogen-bond acceptors (Lipinski definition) is 4. The fourth-order valence-corrected chi connectivity index (χ4v) is 5.71. The van der Waals surface area contributed by atoms with Crippen molar-refractivity contribution in [2.45, 2.75) is 4.75 Å². The predicted octanol–water partition coefficient (Wildman–Crippen LogP) is 5.89. The summed E-state index contributed by atoms with van der Waals surface area (Å²) in [4.78, 5) is 0. The Kier molecular flexibility index (Phi) is 5.98. The van der Waals surface area contributed by atoms with E-state index in [0.29, 0.717) is 0 Å². The van der Waals surface area contributed by atoms with Gasteiger partial charge in [0.05, 0.1) is 10.0 Å². The van der Waals surface area contributed by atoms with Crippen LogP contribution in [0.25, 0.3) is 0 Å². The maximum Gasteiger partial charge on any atom is 0.283 e. The fraction of sp³-hybridized carbons (Fsp3) is 0.0526. The number of aromatic hydroxyl groups is 2. The lowest BCUT2D eigenvalue weighted by molar-refractivity contribution is 0.439. The molecule has 3 aromatic rings. The van der Waals surface area contributed by atoms with Gasteiger partial charge in [0.15, 0.2) is 4.75 Å². The summed E-state index contributed by atoms with van der Waals surface area (Å²) in [5.41, 5.74) is -0.785. The standard InChI is InChI=1S/C19H12Cl4O5S/c20-10-8-13(18(25)15(22)9-10)19(29(26,27)28,11-4-1-2-6-14(11)21)12-5-3-7-16(24)17(12)23/h1-9,24-25H,(H,26,27,28). The molecule has 5 nitrogen and oxygen atoms in total. The molecular formula is C19H12Cl4O5S. The van der Waals surface area contributed by atoms with E-state index in [4.69, 9.17) is 46.4 Å². The molecule has 3 N–H and O–H groups in total. The molecule has 0 bridgehead atoms. The van der Waals surface area contributed by atoms with Crippen LogP contribution in [0.1, 0.15) is 16.7 Å². The summed E-state index contributed by atoms with van der Waals surface area (Å²) in [5.74, 6) is -1.11. The number of rotatable bonds is 4. The van der Waals surface area contributed by atoms with Gasteiger partial charge in [0.25, 0.3) is 10.1 Å². The Morgan fingerprint density at radius 1 is 0.759 bits per heavy atom. The molecule has 0 spiro atoms. The van der Waals surface area contributed by atoms with Crippen molar-refractivity contribution in [1.29, 1.82) is 0 Å². The smallest absolute Gasteiger partial charge is 0.283 e. The molecule has 0 aromatic heterocycles. The lowest BCUT2D eigenvalue weighted by Crippen LogP contribution is -2.39. The molecule has 0 radical (unpaired) electrons. The maximum atomic E-state index is 13.0. The topological polar surface area (TPSA) is 94.8 Å². The Bertz CT molecular complexity index is 1210. The molecule has 0 aliphatic rings. The van der Waals surface area contributed by atoms with Crippen molar-refractivity contribution in [3.05, 3.63) is 91.4 Å². The van der Waals surface area contributed by atoms with Crippen LogP contribution < -0.4 is 0 Å². The van der Waals surface area contributed by atoms with E-state index in [2.05, 4.69) is 0 Å². The summed E-state index contributed by atoms with van der Waals surface area (Å²) in [6.07, 6.45) is 0. The van der Waals surface area contributed by atoms with Crippen LogP contribution in [0.3, 0.4) is 0 Å². The van der Waals surface area contributed by atoms with E-state index in [0.717, 1.165) is 6.07 Å². The zero-order valence-corrected chi connectivity index (χ0v) is 18.1. The van der Waals surface area contributed by atoms with Gasteiger partial charge in [-0.1, -0.05) is 76.7 Å². The number of phenolic OH excluding ortho intramolecular Hbond substituents is 2. The van der Waals surface area contributed by atoms with Crippen LogP contribution in [-0.4, -0.2) is 23.2 Å². The van der Waals surface area contributed by atoms with Gasteiger partial charge in [0.1, 0.15) is 11.5 Å². The fourth-order valence-electron chi connectivity index (χ4n) is 3.22. The Labute approximate surface area is 186 Å². The summed E-state index contributed by atoms with van der Waals surface area (Å²) in [6, 6.07) is 11.9. The van der Waals surface area contributed by atoms with Crippen molar-refractivity contribution in [1.82, 2.24) is 0 Å². The van der Waals surface area contributed by atoms with Gasteiger partial charge >= 0.3 is 0 Å². The third-order valence-electron chi connectivity index (χ3n) is 4.41. The first-order valence-electron chi connectivity index (χ1n) is 7.90. The minimum absolute atomic E-state index is 0.0147. The second kappa shape index (κ2) is 7.87. The lowest BCUT2D eigenvalue weighted by Gasteiger charge is -2.34. The molecule has 0 heterocycles. The van der Waals surface area contributed by atoms with Gasteiger partial charge < -0.3 is 10.2 Å². The van der Waals surface area contributed by atoms with E-state index in [-0.39, 0.29) is 31.2 Å². The summed E-state index contributed by atoms with van der Waals surface area (Å²) < 4.78 is 34.0. The molecule has 29 heavy (non-hydrogen) atoms. The average Bonchev–Trinajstić information content (AvgIpc) is 2.63. The summed E-state index contributed by atoms with van der Waals surface area (Å²) in [7, 11) is -5.16. The molecule has 10 heteroatoms. The summed E-state index contributed by atoms with van der Waals surface area (Å²) >= 11 is 24.7. The van der Waals surface area contributed by atoms with Crippen molar-refractivity contribution in [2.75, 3.05) is 0 Å². The summed E-state index contributed by atoms with van der Waals surface area (Å²) in [6.45, 7) is 0. The molecule has 3 aromatic carbocycles. The Morgan fingerprint density at radius 2 is 1.38 bits per heavy atom. The zero-order valence-electron chi connectivity index (χ0n) is 14.3. The van der Waals surface area contributed by atoms with Gasteiger partial charge in [0, 0.05) is 26.7 Å². The second-order valence-corrected chi connectivity index (χ2v) is 9.25. The predicted molar refractivity (Wildman–Crippen MR) is 114 cm³/mol. The number of phenols is 2. The van der Waals surface area contributed by atoms with E-state index in [1.807, 2.05) is 0 Å². The highest BCUT2D eigenvalue weighted by atomic mass is 35.5. The van der Waals surface area contributed by atoms with Crippen LogP contribution in [-0.2, 0) is 14.9 Å². The van der Waals surface area contributed by atoms with Crippen LogP contribution in [0.2, 0.25) is 20.1 Å². The van der Waals surface area contributed by atoms with Crippen molar-refractivity contribution < 1.29 is 23.2 Å². The first-order valence-corrected chi connectivity index (χ1v) is 10.9. The van der Waals surface area contributed by atoms with Crippen molar-refractivity contribution >= 4 is 56.5 Å². The van der Waals surface area contributed by atoms with Crippen LogP contribution >= 0.6 is 46.4 Å². The average molecular weight is 494 g/mol. The first-order chi connectivity index (χ1) is 13.5. The Morgan fingerprint density at radius 3 is 2.00 bits per heavy atom. The molecule has 0 aliphatic heterocycles. The monoisotopic (exact) mass is 492 g/mol. The van der Waals surface area contributed by atoms with E-state index in [1.54, 1.807) is 6.07 Å². The third kappa shape index (κ3) is 3.54. The minimum Gasteiger partial charge on any atom is -0.506 e. The molecule has 0 amide bonds. The molecule has 152 valence electrons.